The number of nitrogens with zero attached hydrogens (tertiary/aromatic N) is 1. The number of aliphatic hydroxyl groups excluding tert-OH is 1. The molecule has 0 saturated carbocycles. The van der Waals surface area contributed by atoms with Gasteiger partial charge in [0.05, 0.1) is 5.56 Å². The van der Waals surface area contributed by atoms with E-state index in [0.717, 1.165) is 23.3 Å². The summed E-state index contributed by atoms with van der Waals surface area (Å²) in [5, 5.41) is 10.5. The minimum atomic E-state index is -4.38. The van der Waals surface area contributed by atoms with Crippen LogP contribution >= 0.6 is 0 Å². The first-order valence-corrected chi connectivity index (χ1v) is 9.68. The summed E-state index contributed by atoms with van der Waals surface area (Å²) in [7, 11) is 0. The molecule has 1 atom stereocenters. The molecular weight excluding hydrogens is 391 g/mol. The number of rotatable bonds is 9. The highest BCUT2D eigenvalue weighted by Gasteiger charge is 2.30. The summed E-state index contributed by atoms with van der Waals surface area (Å²) < 4.78 is 43.4. The van der Waals surface area contributed by atoms with Crippen LogP contribution in [-0.2, 0) is 19.3 Å². The zero-order chi connectivity index (χ0) is 21.4. The molecule has 0 amide bonds. The van der Waals surface area contributed by atoms with Gasteiger partial charge in [0.1, 0.15) is 18.5 Å². The molecule has 0 aromatic heterocycles. The topological polar surface area (TPSA) is 32.7 Å². The van der Waals surface area contributed by atoms with E-state index in [1.807, 2.05) is 60.7 Å². The van der Waals surface area contributed by atoms with Gasteiger partial charge in [0, 0.05) is 19.6 Å². The van der Waals surface area contributed by atoms with Crippen molar-refractivity contribution in [2.45, 2.75) is 25.4 Å². The molecule has 0 fully saturated rings. The quantitative estimate of drug-likeness (QED) is 0.525. The third kappa shape index (κ3) is 6.90. The molecule has 0 aliphatic carbocycles. The number of hydrogen-bond acceptors (Lipinski definition) is 3. The second kappa shape index (κ2) is 10.3. The molecule has 3 aromatic rings. The number of hydrogen-bond donors (Lipinski definition) is 1. The van der Waals surface area contributed by atoms with E-state index in [1.165, 1.54) is 12.1 Å². The lowest BCUT2D eigenvalue weighted by atomic mass is 10.1. The van der Waals surface area contributed by atoms with Crippen LogP contribution in [0.3, 0.4) is 0 Å². The predicted molar refractivity (Wildman–Crippen MR) is 110 cm³/mol. The third-order valence-electron chi connectivity index (χ3n) is 4.59. The first-order valence-electron chi connectivity index (χ1n) is 9.68. The van der Waals surface area contributed by atoms with E-state index in [0.29, 0.717) is 25.4 Å². The van der Waals surface area contributed by atoms with Gasteiger partial charge in [-0.25, -0.2) is 0 Å². The van der Waals surface area contributed by atoms with Crippen LogP contribution < -0.4 is 4.74 Å². The van der Waals surface area contributed by atoms with Gasteiger partial charge in [0.2, 0.25) is 0 Å². The van der Waals surface area contributed by atoms with Crippen LogP contribution in [0.15, 0.2) is 84.9 Å². The number of ether oxygens (including phenoxy) is 1. The molecule has 158 valence electrons. The fourth-order valence-corrected chi connectivity index (χ4v) is 3.15. The summed E-state index contributed by atoms with van der Waals surface area (Å²) in [6, 6.07) is 24.4. The molecule has 1 unspecified atom stereocenters. The Morgan fingerprint density at radius 3 is 1.73 bits per heavy atom. The largest absolute Gasteiger partial charge is 0.491 e. The molecule has 3 aromatic carbocycles. The van der Waals surface area contributed by atoms with Crippen LogP contribution in [0.5, 0.6) is 5.75 Å². The standard InChI is InChI=1S/C24H24F3NO2/c25-24(26,27)21-11-13-23(14-12-21)30-18-22(29)17-28(15-19-7-3-1-4-8-19)16-20-9-5-2-6-10-20/h1-14,22,29H,15-18H2. The van der Waals surface area contributed by atoms with Crippen molar-refractivity contribution in [3.63, 3.8) is 0 Å². The predicted octanol–water partition coefficient (Wildman–Crippen LogP) is 5.15. The average Bonchev–Trinajstić information content (AvgIpc) is 2.73. The molecule has 30 heavy (non-hydrogen) atoms. The Labute approximate surface area is 174 Å². The molecule has 6 heteroatoms. The lowest BCUT2D eigenvalue weighted by molar-refractivity contribution is -0.137. The lowest BCUT2D eigenvalue weighted by Crippen LogP contribution is -2.35. The minimum Gasteiger partial charge on any atom is -0.491 e. The van der Waals surface area contributed by atoms with E-state index in [4.69, 9.17) is 4.74 Å². The van der Waals surface area contributed by atoms with Crippen molar-refractivity contribution in [2.24, 2.45) is 0 Å². The van der Waals surface area contributed by atoms with E-state index in [9.17, 15) is 18.3 Å². The zero-order valence-corrected chi connectivity index (χ0v) is 16.4. The van der Waals surface area contributed by atoms with Gasteiger partial charge in [-0.3, -0.25) is 4.90 Å². The summed E-state index contributed by atoms with van der Waals surface area (Å²) in [5.41, 5.74) is 1.53. The fourth-order valence-electron chi connectivity index (χ4n) is 3.15. The van der Waals surface area contributed by atoms with Crippen LogP contribution in [0.2, 0.25) is 0 Å². The molecule has 0 saturated heterocycles. The highest BCUT2D eigenvalue weighted by molar-refractivity contribution is 5.28. The lowest BCUT2D eigenvalue weighted by Gasteiger charge is -2.25. The van der Waals surface area contributed by atoms with Crippen LogP contribution in [-0.4, -0.2) is 29.3 Å². The molecule has 0 heterocycles. The van der Waals surface area contributed by atoms with Crippen molar-refractivity contribution in [2.75, 3.05) is 13.2 Å². The molecule has 1 N–H and O–H groups in total. The highest BCUT2D eigenvalue weighted by atomic mass is 19.4. The van der Waals surface area contributed by atoms with E-state index in [2.05, 4.69) is 4.90 Å². The molecule has 3 rings (SSSR count). The van der Waals surface area contributed by atoms with E-state index >= 15 is 0 Å². The number of alkyl halides is 3. The smallest absolute Gasteiger partial charge is 0.416 e. The van der Waals surface area contributed by atoms with E-state index < -0.39 is 17.8 Å². The van der Waals surface area contributed by atoms with Crippen molar-refractivity contribution >= 4 is 0 Å². The number of aliphatic hydroxyl groups is 1. The maximum atomic E-state index is 12.6. The van der Waals surface area contributed by atoms with Crippen molar-refractivity contribution < 1.29 is 23.0 Å². The number of benzene rings is 3. The molecular formula is C24H24F3NO2. The van der Waals surface area contributed by atoms with Gasteiger partial charge in [0.15, 0.2) is 0 Å². The monoisotopic (exact) mass is 415 g/mol. The van der Waals surface area contributed by atoms with E-state index in [-0.39, 0.29) is 6.61 Å². The molecule has 0 bridgehead atoms. The molecule has 0 radical (unpaired) electrons. The summed E-state index contributed by atoms with van der Waals surface area (Å²) in [4.78, 5) is 2.12. The summed E-state index contributed by atoms with van der Waals surface area (Å²) in [6.07, 6.45) is -5.17. The normalized spacial score (nSPS) is 12.7. The molecule has 0 aliphatic heterocycles. The Morgan fingerprint density at radius 2 is 1.27 bits per heavy atom. The Balaban J connectivity index is 1.58. The van der Waals surface area contributed by atoms with Crippen LogP contribution in [0.25, 0.3) is 0 Å². The van der Waals surface area contributed by atoms with Crippen molar-refractivity contribution in [1.82, 2.24) is 4.90 Å². The van der Waals surface area contributed by atoms with Crippen molar-refractivity contribution in [3.8, 4) is 5.75 Å². The van der Waals surface area contributed by atoms with Crippen molar-refractivity contribution in [3.05, 3.63) is 102 Å². The molecule has 0 aliphatic rings. The average molecular weight is 415 g/mol. The van der Waals surface area contributed by atoms with Gasteiger partial charge in [0.25, 0.3) is 0 Å². The summed E-state index contributed by atoms with van der Waals surface area (Å²) in [5.74, 6) is 0.291. The van der Waals surface area contributed by atoms with E-state index in [1.54, 1.807) is 0 Å². The van der Waals surface area contributed by atoms with Crippen LogP contribution in [0, 0.1) is 0 Å². The maximum absolute atomic E-state index is 12.6. The zero-order valence-electron chi connectivity index (χ0n) is 16.4. The van der Waals surface area contributed by atoms with Gasteiger partial charge >= 0.3 is 6.18 Å². The first kappa shape index (κ1) is 21.9. The van der Waals surface area contributed by atoms with Gasteiger partial charge < -0.3 is 9.84 Å². The fraction of sp³-hybridized carbons (Fsp3) is 0.250. The summed E-state index contributed by atoms with van der Waals surface area (Å²) >= 11 is 0. The molecule has 3 nitrogen and oxygen atoms in total. The molecule has 0 spiro atoms. The Morgan fingerprint density at radius 1 is 0.767 bits per heavy atom. The summed E-state index contributed by atoms with van der Waals surface area (Å²) in [6.45, 7) is 1.68. The second-order valence-corrected chi connectivity index (χ2v) is 7.13. The van der Waals surface area contributed by atoms with Crippen LogP contribution in [0.1, 0.15) is 16.7 Å². The minimum absolute atomic E-state index is 0.00849. The van der Waals surface area contributed by atoms with Crippen molar-refractivity contribution in [1.29, 1.82) is 0 Å². The van der Waals surface area contributed by atoms with Gasteiger partial charge in [-0.05, 0) is 35.4 Å². The Kier molecular flexibility index (Phi) is 7.49. The third-order valence-corrected chi connectivity index (χ3v) is 4.59. The highest BCUT2D eigenvalue weighted by Crippen LogP contribution is 2.30. The first-order chi connectivity index (χ1) is 14.4. The maximum Gasteiger partial charge on any atom is 0.416 e. The number of halogens is 3. The Bertz CT molecular complexity index is 842. The SMILES string of the molecule is OC(COc1ccc(C(F)(F)F)cc1)CN(Cc1ccccc1)Cc1ccccc1. The van der Waals surface area contributed by atoms with Crippen LogP contribution in [0.4, 0.5) is 13.2 Å². The van der Waals surface area contributed by atoms with Gasteiger partial charge in [-0.2, -0.15) is 13.2 Å². The van der Waals surface area contributed by atoms with Gasteiger partial charge in [-0.1, -0.05) is 60.7 Å². The Hall–Kier alpha value is -2.83. The van der Waals surface area contributed by atoms with Gasteiger partial charge in [-0.15, -0.1) is 0 Å². The second-order valence-electron chi connectivity index (χ2n) is 7.13.